The van der Waals surface area contributed by atoms with Crippen LogP contribution in [0.2, 0.25) is 0 Å². The summed E-state index contributed by atoms with van der Waals surface area (Å²) in [4.78, 5) is 37.8. The first-order valence-electron chi connectivity index (χ1n) is 24.2. The molecule has 0 bridgehead atoms. The highest BCUT2D eigenvalue weighted by atomic mass is 16.6. The molecule has 0 aromatic rings. The number of hydrogen-bond donors (Lipinski definition) is 0. The van der Waals surface area contributed by atoms with E-state index in [1.54, 1.807) is 0 Å². The molecule has 0 aliphatic carbocycles. The van der Waals surface area contributed by atoms with Crippen LogP contribution in [0.5, 0.6) is 0 Å². The van der Waals surface area contributed by atoms with Crippen LogP contribution in [0.1, 0.15) is 213 Å². The van der Waals surface area contributed by atoms with Gasteiger partial charge in [-0.3, -0.25) is 14.4 Å². The van der Waals surface area contributed by atoms with Gasteiger partial charge in [0.1, 0.15) is 13.2 Å². The number of unbranched alkanes of at least 4 members (excludes halogenated alkanes) is 21. The maximum atomic E-state index is 12.7. The molecular weight excluding hydrogens is 733 g/mol. The summed E-state index contributed by atoms with van der Waals surface area (Å²) in [6.45, 7) is 6.37. The molecule has 0 saturated carbocycles. The van der Waals surface area contributed by atoms with E-state index in [1.807, 2.05) is 36.5 Å². The second kappa shape index (κ2) is 47.3. The van der Waals surface area contributed by atoms with E-state index >= 15 is 0 Å². The minimum atomic E-state index is -0.806. The lowest BCUT2D eigenvalue weighted by atomic mass is 10.1. The fourth-order valence-electron chi connectivity index (χ4n) is 6.30. The van der Waals surface area contributed by atoms with Gasteiger partial charge in [-0.1, -0.05) is 196 Å². The number of hydrogen-bond acceptors (Lipinski definition) is 6. The Balaban J connectivity index is 4.44. The lowest BCUT2D eigenvalue weighted by Gasteiger charge is -2.18. The van der Waals surface area contributed by atoms with E-state index in [4.69, 9.17) is 14.2 Å². The average molecular weight is 821 g/mol. The quantitative estimate of drug-likeness (QED) is 0.0201. The van der Waals surface area contributed by atoms with Crippen LogP contribution < -0.4 is 0 Å². The topological polar surface area (TPSA) is 78.9 Å². The number of esters is 3. The molecule has 336 valence electrons. The van der Waals surface area contributed by atoms with Gasteiger partial charge in [0, 0.05) is 19.3 Å². The predicted octanol–water partition coefficient (Wildman–Crippen LogP) is 15.6. The summed E-state index contributed by atoms with van der Waals surface area (Å²) in [5.74, 6) is -0.978. The molecule has 0 spiro atoms. The molecule has 0 rings (SSSR count). The van der Waals surface area contributed by atoms with E-state index < -0.39 is 6.10 Å². The first-order chi connectivity index (χ1) is 29.0. The van der Waals surface area contributed by atoms with Crippen molar-refractivity contribution >= 4 is 17.9 Å². The van der Waals surface area contributed by atoms with E-state index in [0.29, 0.717) is 19.3 Å². The molecule has 0 aromatic heterocycles. The Morgan fingerprint density at radius 3 is 1.17 bits per heavy atom. The van der Waals surface area contributed by atoms with Crippen molar-refractivity contribution in [2.45, 2.75) is 219 Å². The van der Waals surface area contributed by atoms with Gasteiger partial charge in [-0.25, -0.2) is 0 Å². The first kappa shape index (κ1) is 55.6. The van der Waals surface area contributed by atoms with Crippen LogP contribution in [0.25, 0.3) is 0 Å². The highest BCUT2D eigenvalue weighted by Gasteiger charge is 2.19. The minimum absolute atomic E-state index is 0.105. The Morgan fingerprint density at radius 1 is 0.356 bits per heavy atom. The van der Waals surface area contributed by atoms with Crippen molar-refractivity contribution in [3.8, 4) is 0 Å². The minimum Gasteiger partial charge on any atom is -0.462 e. The molecule has 0 aromatic carbocycles. The van der Waals surface area contributed by atoms with E-state index in [-0.39, 0.29) is 37.5 Å². The molecule has 0 fully saturated rings. The zero-order valence-corrected chi connectivity index (χ0v) is 38.2. The number of carbonyl (C=O) groups is 3. The molecule has 0 aliphatic rings. The SMILES string of the molecule is CC\C=C/C=C\C=C/C=C\CCCCCC(=O)OC(COC(=O)CCCCCC/C=C\CCCC)COC(=O)CCCCCCC/C=C\C=C/CCCCCCCCC. The molecule has 0 N–H and O–H groups in total. The summed E-state index contributed by atoms with van der Waals surface area (Å²) >= 11 is 0. The summed E-state index contributed by atoms with van der Waals surface area (Å²) in [7, 11) is 0. The predicted molar refractivity (Wildman–Crippen MR) is 251 cm³/mol. The van der Waals surface area contributed by atoms with Gasteiger partial charge in [-0.2, -0.15) is 0 Å². The third-order valence-corrected chi connectivity index (χ3v) is 9.98. The lowest BCUT2D eigenvalue weighted by Crippen LogP contribution is -2.30. The Hall–Kier alpha value is -3.41. The molecule has 1 atom stereocenters. The summed E-state index contributed by atoms with van der Waals surface area (Å²) in [5.41, 5.74) is 0. The van der Waals surface area contributed by atoms with Gasteiger partial charge in [0.15, 0.2) is 6.10 Å². The van der Waals surface area contributed by atoms with Crippen molar-refractivity contribution in [3.05, 3.63) is 85.1 Å². The second-order valence-electron chi connectivity index (χ2n) is 15.8. The maximum absolute atomic E-state index is 12.7. The lowest BCUT2D eigenvalue weighted by molar-refractivity contribution is -0.167. The molecule has 0 heterocycles. The van der Waals surface area contributed by atoms with E-state index in [2.05, 4.69) is 69.4 Å². The largest absolute Gasteiger partial charge is 0.462 e. The molecule has 0 radical (unpaired) electrons. The average Bonchev–Trinajstić information content (AvgIpc) is 3.23. The van der Waals surface area contributed by atoms with Gasteiger partial charge in [0.25, 0.3) is 0 Å². The number of carbonyl (C=O) groups excluding carboxylic acids is 3. The van der Waals surface area contributed by atoms with Crippen molar-refractivity contribution < 1.29 is 28.6 Å². The standard InChI is InChI=1S/C53H88O6/c1-4-7-10-13-16-19-22-24-25-26-27-28-30-31-34-37-40-43-46-52(55)58-49-50(48-57-51(54)45-42-39-36-33-21-18-15-12-9-6-3)59-53(56)47-44-41-38-35-32-29-23-20-17-14-11-8-5-2/h8,11,14-15,17-18,20,23,25-29,32,50H,4-7,9-10,12-13,16,19,21-22,24,30-31,33-49H2,1-3H3/b11-8-,17-14-,18-15-,23-20-,26-25-,28-27-,32-29-. The Bertz CT molecular complexity index is 1170. The van der Waals surface area contributed by atoms with Gasteiger partial charge in [-0.05, 0) is 83.5 Å². The van der Waals surface area contributed by atoms with Gasteiger partial charge in [0.2, 0.25) is 0 Å². The summed E-state index contributed by atoms with van der Waals surface area (Å²) in [6, 6.07) is 0. The van der Waals surface area contributed by atoms with Crippen LogP contribution in [-0.4, -0.2) is 37.2 Å². The fraction of sp³-hybridized carbons (Fsp3) is 0.679. The van der Waals surface area contributed by atoms with Crippen molar-refractivity contribution in [2.24, 2.45) is 0 Å². The third-order valence-electron chi connectivity index (χ3n) is 9.98. The highest BCUT2D eigenvalue weighted by molar-refractivity contribution is 5.71. The van der Waals surface area contributed by atoms with E-state index in [0.717, 1.165) is 103 Å². The van der Waals surface area contributed by atoms with Crippen LogP contribution in [0.3, 0.4) is 0 Å². The fourth-order valence-corrected chi connectivity index (χ4v) is 6.30. The van der Waals surface area contributed by atoms with Crippen LogP contribution in [0, 0.1) is 0 Å². The summed E-state index contributed by atoms with van der Waals surface area (Å²) in [5, 5.41) is 0. The number of ether oxygens (including phenoxy) is 3. The molecule has 0 amide bonds. The molecular formula is C53H88O6. The van der Waals surface area contributed by atoms with E-state index in [1.165, 1.54) is 64.2 Å². The van der Waals surface area contributed by atoms with Crippen molar-refractivity contribution in [1.29, 1.82) is 0 Å². The molecule has 0 aliphatic heterocycles. The summed E-state index contributed by atoms with van der Waals surface area (Å²) < 4.78 is 16.7. The van der Waals surface area contributed by atoms with Crippen LogP contribution in [0.4, 0.5) is 0 Å². The third kappa shape index (κ3) is 45.5. The van der Waals surface area contributed by atoms with Crippen molar-refractivity contribution in [3.63, 3.8) is 0 Å². The normalized spacial score (nSPS) is 12.8. The van der Waals surface area contributed by atoms with Crippen molar-refractivity contribution in [1.82, 2.24) is 0 Å². The Labute approximate surface area is 363 Å². The molecule has 6 nitrogen and oxygen atoms in total. The molecule has 1 unspecified atom stereocenters. The second-order valence-corrected chi connectivity index (χ2v) is 15.8. The van der Waals surface area contributed by atoms with E-state index in [9.17, 15) is 14.4 Å². The summed E-state index contributed by atoms with van der Waals surface area (Å²) in [6.07, 6.45) is 60.0. The number of rotatable bonds is 42. The zero-order valence-electron chi connectivity index (χ0n) is 38.2. The highest BCUT2D eigenvalue weighted by Crippen LogP contribution is 2.13. The molecule has 6 heteroatoms. The number of allylic oxidation sites excluding steroid dienone is 14. The van der Waals surface area contributed by atoms with Crippen LogP contribution >= 0.6 is 0 Å². The Kier molecular flexibility index (Phi) is 44.5. The van der Waals surface area contributed by atoms with Crippen molar-refractivity contribution in [2.75, 3.05) is 13.2 Å². The smallest absolute Gasteiger partial charge is 0.306 e. The van der Waals surface area contributed by atoms with Crippen LogP contribution in [0.15, 0.2) is 85.1 Å². The van der Waals surface area contributed by atoms with Gasteiger partial charge in [-0.15, -0.1) is 0 Å². The van der Waals surface area contributed by atoms with Crippen LogP contribution in [-0.2, 0) is 28.6 Å². The monoisotopic (exact) mass is 821 g/mol. The Morgan fingerprint density at radius 2 is 0.695 bits per heavy atom. The molecule has 0 saturated heterocycles. The maximum Gasteiger partial charge on any atom is 0.306 e. The first-order valence-corrected chi connectivity index (χ1v) is 24.2. The molecule has 59 heavy (non-hydrogen) atoms. The van der Waals surface area contributed by atoms with Gasteiger partial charge < -0.3 is 14.2 Å². The zero-order chi connectivity index (χ0) is 43.0. The van der Waals surface area contributed by atoms with Gasteiger partial charge >= 0.3 is 17.9 Å². The van der Waals surface area contributed by atoms with Gasteiger partial charge in [0.05, 0.1) is 0 Å².